The van der Waals surface area contributed by atoms with E-state index in [0.29, 0.717) is 0 Å². The maximum Gasteiger partial charge on any atom is 0.123 e. The van der Waals surface area contributed by atoms with Crippen molar-refractivity contribution in [1.82, 2.24) is 20.9 Å². The van der Waals surface area contributed by atoms with Gasteiger partial charge in [-0.3, -0.25) is 4.57 Å². The summed E-state index contributed by atoms with van der Waals surface area (Å²) in [6.45, 7) is 0. The fraction of sp³-hybridized carbons (Fsp3) is 0. The van der Waals surface area contributed by atoms with Gasteiger partial charge in [-0.05, 0) is 24.3 Å². The predicted octanol–water partition coefficient (Wildman–Crippen LogP) is 1.01. The van der Waals surface area contributed by atoms with Gasteiger partial charge in [0.05, 0.1) is 0 Å². The topological polar surface area (TPSA) is 91.7 Å². The van der Waals surface area contributed by atoms with Crippen LogP contribution in [0.15, 0.2) is 36.9 Å². The number of nitrogens with two attached hydrogens (primary N) is 1. The van der Waals surface area contributed by atoms with Crippen LogP contribution in [0.1, 0.15) is 0 Å². The quantitative estimate of drug-likeness (QED) is 0.636. The average Bonchev–Trinajstić information content (AvgIpc) is 2.58. The van der Waals surface area contributed by atoms with Gasteiger partial charge >= 0.3 is 0 Å². The number of nitrogen functional groups attached to an aromatic ring is 1. The molecule has 0 spiro atoms. The van der Waals surface area contributed by atoms with Crippen molar-refractivity contribution in [2.24, 2.45) is 0 Å². The van der Waals surface area contributed by atoms with E-state index >= 15 is 0 Å². The Kier molecular flexibility index (Phi) is 2.61. The van der Waals surface area contributed by atoms with Crippen molar-refractivity contribution in [2.75, 3.05) is 5.73 Å². The standard InChI is InChI=1S/C8H8N4.H3N/c9-7-1-3-8(4-2-7)12-5-10-11-6-12;/h1-6H,9H2;1H3. The van der Waals surface area contributed by atoms with E-state index in [2.05, 4.69) is 10.2 Å². The maximum atomic E-state index is 5.54. The van der Waals surface area contributed by atoms with Crippen LogP contribution in [0.2, 0.25) is 0 Å². The number of hydrogen-bond acceptors (Lipinski definition) is 4. The molecule has 5 heteroatoms. The molecule has 5 nitrogen and oxygen atoms in total. The number of aromatic nitrogens is 3. The largest absolute Gasteiger partial charge is 0.399 e. The lowest BCUT2D eigenvalue weighted by atomic mass is 10.3. The third-order valence-corrected chi connectivity index (χ3v) is 1.61. The van der Waals surface area contributed by atoms with Crippen LogP contribution in [0.3, 0.4) is 0 Å². The lowest BCUT2D eigenvalue weighted by molar-refractivity contribution is 1.06. The maximum absolute atomic E-state index is 5.54. The van der Waals surface area contributed by atoms with Crippen molar-refractivity contribution in [2.45, 2.75) is 0 Å². The Balaban J connectivity index is 0.000000845. The van der Waals surface area contributed by atoms with E-state index in [4.69, 9.17) is 5.73 Å². The second kappa shape index (κ2) is 3.68. The Bertz CT molecular complexity index is 351. The van der Waals surface area contributed by atoms with Gasteiger partial charge in [0.1, 0.15) is 12.7 Å². The summed E-state index contributed by atoms with van der Waals surface area (Å²) in [7, 11) is 0. The molecule has 1 heterocycles. The number of anilines is 1. The third-order valence-electron chi connectivity index (χ3n) is 1.61. The number of nitrogens with zero attached hydrogens (tertiary/aromatic N) is 3. The highest BCUT2D eigenvalue weighted by atomic mass is 15.2. The number of hydrogen-bond donors (Lipinski definition) is 2. The highest BCUT2D eigenvalue weighted by Gasteiger charge is 1.93. The molecule has 13 heavy (non-hydrogen) atoms. The van der Waals surface area contributed by atoms with E-state index in [-0.39, 0.29) is 6.15 Å². The zero-order chi connectivity index (χ0) is 8.39. The number of benzene rings is 1. The molecule has 0 saturated carbocycles. The molecular weight excluding hydrogens is 166 g/mol. The zero-order valence-corrected chi connectivity index (χ0v) is 7.09. The molecule has 68 valence electrons. The van der Waals surface area contributed by atoms with Crippen LogP contribution < -0.4 is 11.9 Å². The van der Waals surface area contributed by atoms with Gasteiger partial charge in [0.2, 0.25) is 0 Å². The summed E-state index contributed by atoms with van der Waals surface area (Å²) in [6.07, 6.45) is 3.29. The first kappa shape index (κ1) is 9.21. The number of rotatable bonds is 1. The summed E-state index contributed by atoms with van der Waals surface area (Å²) in [5.74, 6) is 0. The summed E-state index contributed by atoms with van der Waals surface area (Å²) in [4.78, 5) is 0. The summed E-state index contributed by atoms with van der Waals surface area (Å²) in [5.41, 5.74) is 7.30. The van der Waals surface area contributed by atoms with Crippen LogP contribution in [-0.4, -0.2) is 14.8 Å². The van der Waals surface area contributed by atoms with Crippen LogP contribution in [0.5, 0.6) is 0 Å². The Morgan fingerprint density at radius 1 is 1.00 bits per heavy atom. The van der Waals surface area contributed by atoms with E-state index < -0.39 is 0 Å². The van der Waals surface area contributed by atoms with Gasteiger partial charge < -0.3 is 11.9 Å². The van der Waals surface area contributed by atoms with E-state index in [1.54, 1.807) is 12.7 Å². The Morgan fingerprint density at radius 2 is 1.54 bits per heavy atom. The highest BCUT2D eigenvalue weighted by Crippen LogP contribution is 2.08. The van der Waals surface area contributed by atoms with E-state index in [1.807, 2.05) is 28.8 Å². The summed E-state index contributed by atoms with van der Waals surface area (Å²) < 4.78 is 1.82. The van der Waals surface area contributed by atoms with Crippen LogP contribution in [0, 0.1) is 0 Å². The fourth-order valence-corrected chi connectivity index (χ4v) is 0.980. The van der Waals surface area contributed by atoms with Crippen molar-refractivity contribution < 1.29 is 0 Å². The molecule has 0 amide bonds. The first-order chi connectivity index (χ1) is 5.86. The minimum Gasteiger partial charge on any atom is -0.399 e. The zero-order valence-electron chi connectivity index (χ0n) is 7.09. The molecule has 1 aromatic heterocycles. The predicted molar refractivity (Wildman–Crippen MR) is 50.8 cm³/mol. The molecule has 1 aromatic carbocycles. The molecule has 2 aromatic rings. The summed E-state index contributed by atoms with van der Waals surface area (Å²) in [6, 6.07) is 7.52. The second-order valence-electron chi connectivity index (χ2n) is 2.46. The molecule has 0 aliphatic carbocycles. The van der Waals surface area contributed by atoms with Gasteiger partial charge in [-0.2, -0.15) is 0 Å². The van der Waals surface area contributed by atoms with Crippen molar-refractivity contribution in [3.63, 3.8) is 0 Å². The molecule has 5 N–H and O–H groups in total. The summed E-state index contributed by atoms with van der Waals surface area (Å²) in [5, 5.41) is 7.41. The molecule has 0 radical (unpaired) electrons. The van der Waals surface area contributed by atoms with Crippen molar-refractivity contribution in [1.29, 1.82) is 0 Å². The monoisotopic (exact) mass is 177 g/mol. The lowest BCUT2D eigenvalue weighted by Crippen LogP contribution is -1.90. The molecule has 0 saturated heterocycles. The Morgan fingerprint density at radius 3 is 2.08 bits per heavy atom. The lowest BCUT2D eigenvalue weighted by Gasteiger charge is -1.99. The molecule has 0 fully saturated rings. The first-order valence-corrected chi connectivity index (χ1v) is 3.57. The van der Waals surface area contributed by atoms with Crippen molar-refractivity contribution in [3.8, 4) is 5.69 Å². The minimum atomic E-state index is 0. The Labute approximate surface area is 75.8 Å². The van der Waals surface area contributed by atoms with Crippen LogP contribution in [0.25, 0.3) is 5.69 Å². The fourth-order valence-electron chi connectivity index (χ4n) is 0.980. The normalized spacial score (nSPS) is 9.23. The highest BCUT2D eigenvalue weighted by molar-refractivity contribution is 5.44. The van der Waals surface area contributed by atoms with E-state index in [0.717, 1.165) is 11.4 Å². The van der Waals surface area contributed by atoms with Gasteiger partial charge in [-0.1, -0.05) is 0 Å². The van der Waals surface area contributed by atoms with Gasteiger partial charge in [-0.15, -0.1) is 10.2 Å². The SMILES string of the molecule is N.Nc1ccc(-n2cnnc2)cc1. The minimum absolute atomic E-state index is 0. The van der Waals surface area contributed by atoms with Crippen molar-refractivity contribution in [3.05, 3.63) is 36.9 Å². The van der Waals surface area contributed by atoms with Crippen LogP contribution >= 0.6 is 0 Å². The van der Waals surface area contributed by atoms with Gasteiger partial charge in [0.25, 0.3) is 0 Å². The first-order valence-electron chi connectivity index (χ1n) is 3.57. The smallest absolute Gasteiger partial charge is 0.123 e. The molecule has 2 rings (SSSR count). The van der Waals surface area contributed by atoms with E-state index in [9.17, 15) is 0 Å². The third kappa shape index (κ3) is 1.83. The second-order valence-corrected chi connectivity index (χ2v) is 2.46. The van der Waals surface area contributed by atoms with Gasteiger partial charge in [-0.25, -0.2) is 0 Å². The van der Waals surface area contributed by atoms with E-state index in [1.165, 1.54) is 0 Å². The molecule has 0 atom stereocenters. The molecule has 0 unspecified atom stereocenters. The molecule has 0 aliphatic heterocycles. The molecule has 0 bridgehead atoms. The van der Waals surface area contributed by atoms with Gasteiger partial charge in [0.15, 0.2) is 0 Å². The Hall–Kier alpha value is -1.88. The molecular formula is C8H11N5. The average molecular weight is 177 g/mol. The van der Waals surface area contributed by atoms with Crippen LogP contribution in [0.4, 0.5) is 5.69 Å². The summed E-state index contributed by atoms with van der Waals surface area (Å²) >= 11 is 0. The van der Waals surface area contributed by atoms with Crippen LogP contribution in [-0.2, 0) is 0 Å². The van der Waals surface area contributed by atoms with Crippen molar-refractivity contribution >= 4 is 5.69 Å². The molecule has 0 aliphatic rings. The van der Waals surface area contributed by atoms with Gasteiger partial charge in [0, 0.05) is 11.4 Å².